The summed E-state index contributed by atoms with van der Waals surface area (Å²) >= 11 is 3.25. The second-order valence-electron chi connectivity index (χ2n) is 2.63. The Morgan fingerprint density at radius 3 is 2.69 bits per heavy atom. The summed E-state index contributed by atoms with van der Waals surface area (Å²) in [5.41, 5.74) is 0.987. The Kier molecular flexibility index (Phi) is 3.62. The molecule has 0 saturated carbocycles. The van der Waals surface area contributed by atoms with Crippen LogP contribution in [0.2, 0.25) is 0 Å². The van der Waals surface area contributed by atoms with E-state index in [1.54, 1.807) is 5.01 Å². The highest BCUT2D eigenvalue weighted by molar-refractivity contribution is 9.10. The maximum Gasteiger partial charge on any atom is 0.198 e. The van der Waals surface area contributed by atoms with Crippen molar-refractivity contribution in [3.63, 3.8) is 0 Å². The summed E-state index contributed by atoms with van der Waals surface area (Å²) < 4.78 is 0.589. The first-order chi connectivity index (χ1) is 6.17. The molecule has 2 N–H and O–H groups in total. The molecule has 0 radical (unpaired) electrons. The zero-order chi connectivity index (χ0) is 9.84. The number of hydrogen-bond donors (Lipinski definition) is 1. The van der Waals surface area contributed by atoms with Gasteiger partial charge in [-0.05, 0) is 29.3 Å². The van der Waals surface area contributed by atoms with Gasteiger partial charge in [-0.25, -0.2) is 15.8 Å². The standard InChI is InChI=1S/C8H13BrN4/c1-3-6-5-7(13(10)4-2)12-8(9)11-6/h5H,3-4,10H2,1-2H3. The second kappa shape index (κ2) is 4.53. The lowest BCUT2D eigenvalue weighted by molar-refractivity contribution is 0.845. The monoisotopic (exact) mass is 244 g/mol. The van der Waals surface area contributed by atoms with E-state index in [9.17, 15) is 0 Å². The van der Waals surface area contributed by atoms with Crippen LogP contribution in [0.25, 0.3) is 0 Å². The number of hydrogen-bond acceptors (Lipinski definition) is 4. The number of anilines is 1. The van der Waals surface area contributed by atoms with Gasteiger partial charge in [0.25, 0.3) is 0 Å². The van der Waals surface area contributed by atoms with Crippen molar-refractivity contribution in [2.45, 2.75) is 20.3 Å². The summed E-state index contributed by atoms with van der Waals surface area (Å²) in [6, 6.07) is 1.90. The van der Waals surface area contributed by atoms with E-state index in [4.69, 9.17) is 5.84 Å². The Morgan fingerprint density at radius 1 is 1.46 bits per heavy atom. The lowest BCUT2D eigenvalue weighted by Gasteiger charge is -2.15. The number of nitrogens with two attached hydrogens (primary N) is 1. The van der Waals surface area contributed by atoms with Crippen LogP contribution in [0.15, 0.2) is 10.8 Å². The minimum Gasteiger partial charge on any atom is -0.295 e. The molecular formula is C8H13BrN4. The molecule has 0 bridgehead atoms. The fourth-order valence-corrected chi connectivity index (χ4v) is 1.35. The predicted molar refractivity (Wildman–Crippen MR) is 56.3 cm³/mol. The van der Waals surface area contributed by atoms with Crippen molar-refractivity contribution in [3.05, 3.63) is 16.5 Å². The Labute approximate surface area is 86.3 Å². The summed E-state index contributed by atoms with van der Waals surface area (Å²) in [4.78, 5) is 8.35. The molecule has 0 spiro atoms. The van der Waals surface area contributed by atoms with Gasteiger partial charge in [-0.3, -0.25) is 5.01 Å². The van der Waals surface area contributed by atoms with E-state index in [-0.39, 0.29) is 0 Å². The molecule has 1 rings (SSSR count). The highest BCUT2D eigenvalue weighted by Crippen LogP contribution is 2.13. The summed E-state index contributed by atoms with van der Waals surface area (Å²) in [5.74, 6) is 6.46. The highest BCUT2D eigenvalue weighted by Gasteiger charge is 2.04. The fourth-order valence-electron chi connectivity index (χ4n) is 0.942. The van der Waals surface area contributed by atoms with E-state index in [0.717, 1.165) is 24.5 Å². The van der Waals surface area contributed by atoms with Crippen LogP contribution in [0, 0.1) is 0 Å². The first-order valence-corrected chi connectivity index (χ1v) is 5.02. The third-order valence-corrected chi connectivity index (χ3v) is 2.09. The number of aryl methyl sites for hydroxylation is 1. The third-order valence-electron chi connectivity index (χ3n) is 1.74. The molecule has 13 heavy (non-hydrogen) atoms. The van der Waals surface area contributed by atoms with E-state index < -0.39 is 0 Å². The van der Waals surface area contributed by atoms with Gasteiger partial charge in [0.1, 0.15) is 5.82 Å². The van der Waals surface area contributed by atoms with Gasteiger partial charge in [0.05, 0.1) is 0 Å². The van der Waals surface area contributed by atoms with E-state index >= 15 is 0 Å². The van der Waals surface area contributed by atoms with Crippen molar-refractivity contribution in [2.24, 2.45) is 5.84 Å². The average molecular weight is 245 g/mol. The zero-order valence-corrected chi connectivity index (χ0v) is 9.37. The normalized spacial score (nSPS) is 10.2. The van der Waals surface area contributed by atoms with E-state index in [1.807, 2.05) is 19.9 Å². The van der Waals surface area contributed by atoms with Crippen molar-refractivity contribution in [3.8, 4) is 0 Å². The first-order valence-electron chi connectivity index (χ1n) is 4.23. The molecule has 72 valence electrons. The smallest absolute Gasteiger partial charge is 0.198 e. The maximum absolute atomic E-state index is 5.71. The Hall–Kier alpha value is -0.680. The molecular weight excluding hydrogens is 232 g/mol. The summed E-state index contributed by atoms with van der Waals surface area (Å²) in [6.07, 6.45) is 0.881. The van der Waals surface area contributed by atoms with Crippen LogP contribution in [0.1, 0.15) is 19.5 Å². The third kappa shape index (κ3) is 2.63. The summed E-state index contributed by atoms with van der Waals surface area (Å²) in [7, 11) is 0. The number of hydrazine groups is 1. The van der Waals surface area contributed by atoms with E-state index in [1.165, 1.54) is 0 Å². The van der Waals surface area contributed by atoms with Gasteiger partial charge in [0.15, 0.2) is 4.73 Å². The van der Waals surface area contributed by atoms with Crippen molar-refractivity contribution >= 4 is 21.7 Å². The van der Waals surface area contributed by atoms with Gasteiger partial charge in [-0.1, -0.05) is 6.92 Å². The highest BCUT2D eigenvalue weighted by atomic mass is 79.9. The minimum absolute atomic E-state index is 0.589. The molecule has 0 unspecified atom stereocenters. The molecule has 5 heteroatoms. The van der Waals surface area contributed by atoms with Crippen LogP contribution in [-0.4, -0.2) is 16.5 Å². The van der Waals surface area contributed by atoms with Crippen molar-refractivity contribution in [1.82, 2.24) is 9.97 Å². The zero-order valence-electron chi connectivity index (χ0n) is 7.79. The molecule has 0 amide bonds. The van der Waals surface area contributed by atoms with Crippen LogP contribution in [0.4, 0.5) is 5.82 Å². The summed E-state index contributed by atoms with van der Waals surface area (Å²) in [5, 5.41) is 1.59. The molecule has 0 saturated heterocycles. The fraction of sp³-hybridized carbons (Fsp3) is 0.500. The molecule has 0 atom stereocenters. The molecule has 1 heterocycles. The molecule has 0 fully saturated rings. The van der Waals surface area contributed by atoms with Gasteiger partial charge in [0, 0.05) is 18.3 Å². The SMILES string of the molecule is CCc1cc(N(N)CC)nc(Br)n1. The molecule has 0 aliphatic carbocycles. The van der Waals surface area contributed by atoms with Crippen LogP contribution in [0.3, 0.4) is 0 Å². The minimum atomic E-state index is 0.589. The molecule has 1 aromatic rings. The van der Waals surface area contributed by atoms with Crippen LogP contribution in [-0.2, 0) is 6.42 Å². The molecule has 0 aliphatic heterocycles. The lowest BCUT2D eigenvalue weighted by Crippen LogP contribution is -2.31. The van der Waals surface area contributed by atoms with Gasteiger partial charge >= 0.3 is 0 Å². The maximum atomic E-state index is 5.71. The first kappa shape index (κ1) is 10.4. The largest absolute Gasteiger partial charge is 0.295 e. The molecule has 1 aromatic heterocycles. The van der Waals surface area contributed by atoms with Gasteiger partial charge in [-0.15, -0.1) is 0 Å². The van der Waals surface area contributed by atoms with Gasteiger partial charge < -0.3 is 0 Å². The van der Waals surface area contributed by atoms with Gasteiger partial charge in [-0.2, -0.15) is 0 Å². The Morgan fingerprint density at radius 2 is 2.15 bits per heavy atom. The van der Waals surface area contributed by atoms with E-state index in [0.29, 0.717) is 4.73 Å². The quantitative estimate of drug-likeness (QED) is 0.498. The number of nitrogens with zero attached hydrogens (tertiary/aromatic N) is 3. The van der Waals surface area contributed by atoms with Gasteiger partial charge in [0.2, 0.25) is 0 Å². The average Bonchev–Trinajstić information content (AvgIpc) is 2.15. The van der Waals surface area contributed by atoms with Crippen LogP contribution < -0.4 is 10.9 Å². The number of aromatic nitrogens is 2. The van der Waals surface area contributed by atoms with E-state index in [2.05, 4.69) is 25.9 Å². The molecule has 4 nitrogen and oxygen atoms in total. The number of halogens is 1. The Balaban J connectivity index is 3.01. The molecule has 0 aliphatic rings. The second-order valence-corrected chi connectivity index (χ2v) is 3.34. The molecule has 0 aromatic carbocycles. The Bertz CT molecular complexity index is 289. The topological polar surface area (TPSA) is 55.0 Å². The van der Waals surface area contributed by atoms with Crippen LogP contribution in [0.5, 0.6) is 0 Å². The van der Waals surface area contributed by atoms with Crippen molar-refractivity contribution in [2.75, 3.05) is 11.6 Å². The lowest BCUT2D eigenvalue weighted by atomic mass is 10.3. The number of rotatable bonds is 3. The van der Waals surface area contributed by atoms with Crippen molar-refractivity contribution < 1.29 is 0 Å². The van der Waals surface area contributed by atoms with Crippen LogP contribution >= 0.6 is 15.9 Å². The predicted octanol–water partition coefficient (Wildman–Crippen LogP) is 1.50. The van der Waals surface area contributed by atoms with Crippen molar-refractivity contribution in [1.29, 1.82) is 0 Å². The summed E-state index contributed by atoms with van der Waals surface area (Å²) in [6.45, 7) is 4.75.